The summed E-state index contributed by atoms with van der Waals surface area (Å²) in [4.78, 5) is 30.5. The second-order valence-corrected chi connectivity index (χ2v) is 10.2. The maximum atomic E-state index is 12.6. The minimum atomic E-state index is -0.507. The molecule has 9 nitrogen and oxygen atoms in total. The fourth-order valence-electron chi connectivity index (χ4n) is 4.61. The lowest BCUT2D eigenvalue weighted by atomic mass is 10.1. The average Bonchev–Trinajstić information content (AvgIpc) is 3.57. The van der Waals surface area contributed by atoms with E-state index in [1.54, 1.807) is 24.5 Å². The van der Waals surface area contributed by atoms with Crippen LogP contribution >= 0.6 is 0 Å². The molecule has 3 aromatic heterocycles. The van der Waals surface area contributed by atoms with Crippen LogP contribution in [0.25, 0.3) is 16.7 Å². The van der Waals surface area contributed by atoms with Gasteiger partial charge in [0.1, 0.15) is 29.1 Å². The molecular formula is C25H32N6O3. The van der Waals surface area contributed by atoms with Crippen molar-refractivity contribution in [3.63, 3.8) is 0 Å². The first-order chi connectivity index (χ1) is 16.2. The second-order valence-electron chi connectivity index (χ2n) is 10.2. The van der Waals surface area contributed by atoms with Gasteiger partial charge in [-0.05, 0) is 52.0 Å². The number of pyridine rings is 1. The van der Waals surface area contributed by atoms with Crippen molar-refractivity contribution in [2.24, 2.45) is 0 Å². The van der Waals surface area contributed by atoms with Crippen molar-refractivity contribution in [3.05, 3.63) is 36.5 Å². The van der Waals surface area contributed by atoms with Gasteiger partial charge in [-0.3, -0.25) is 9.55 Å². The van der Waals surface area contributed by atoms with Crippen LogP contribution in [0.1, 0.15) is 52.0 Å². The van der Waals surface area contributed by atoms with Gasteiger partial charge < -0.3 is 19.3 Å². The Kier molecular flexibility index (Phi) is 5.58. The van der Waals surface area contributed by atoms with Gasteiger partial charge in [-0.15, -0.1) is 0 Å². The number of nitrogens with zero attached hydrogens (tertiary/aromatic N) is 6. The molecule has 2 aliphatic rings. The van der Waals surface area contributed by atoms with Gasteiger partial charge in [0.2, 0.25) is 0 Å². The van der Waals surface area contributed by atoms with Crippen molar-refractivity contribution >= 4 is 22.9 Å². The summed E-state index contributed by atoms with van der Waals surface area (Å²) < 4.78 is 13.1. The normalized spacial score (nSPS) is 18.9. The lowest BCUT2D eigenvalue weighted by Gasteiger charge is -2.41. The summed E-state index contributed by atoms with van der Waals surface area (Å²) in [5.74, 6) is 2.15. The van der Waals surface area contributed by atoms with Gasteiger partial charge in [-0.25, -0.2) is 14.8 Å². The first-order valence-electron chi connectivity index (χ1n) is 11.8. The van der Waals surface area contributed by atoms with Crippen LogP contribution in [0, 0.1) is 0 Å². The SMILES string of the molecule is COc1cncc(-n2cc(C3CC3)c3c(N4CCN(C(=O)OC(C)(C)C)C[C@@H]4C)ncnc32)c1. The molecule has 0 bridgehead atoms. The third kappa shape index (κ3) is 4.26. The van der Waals surface area contributed by atoms with Crippen molar-refractivity contribution < 1.29 is 14.3 Å². The molecule has 1 amide bonds. The summed E-state index contributed by atoms with van der Waals surface area (Å²) in [6.07, 6.45) is 9.41. The predicted molar refractivity (Wildman–Crippen MR) is 130 cm³/mol. The highest BCUT2D eigenvalue weighted by Gasteiger charge is 2.34. The van der Waals surface area contributed by atoms with Crippen molar-refractivity contribution in [3.8, 4) is 11.4 Å². The molecule has 34 heavy (non-hydrogen) atoms. The molecule has 2 fully saturated rings. The number of aromatic nitrogens is 4. The standard InChI is InChI=1S/C25H32N6O3/c1-16-13-29(24(32)34-25(2,3)4)8-9-30(16)22-21-20(17-6-7-17)14-31(23(21)28-15-27-22)18-10-19(33-5)12-26-11-18/h10-12,14-17H,6-9,13H2,1-5H3/t16-/m0/s1. The number of carbonyl (C=O) groups excluding carboxylic acids is 1. The van der Waals surface area contributed by atoms with Gasteiger partial charge in [-0.1, -0.05) is 0 Å². The Morgan fingerprint density at radius 2 is 1.94 bits per heavy atom. The lowest BCUT2D eigenvalue weighted by Crippen LogP contribution is -2.54. The number of hydrogen-bond donors (Lipinski definition) is 0. The zero-order valence-electron chi connectivity index (χ0n) is 20.5. The summed E-state index contributed by atoms with van der Waals surface area (Å²) in [6.45, 7) is 9.66. The molecule has 0 radical (unpaired) electrons. The zero-order chi connectivity index (χ0) is 24.0. The van der Waals surface area contributed by atoms with Crippen LogP contribution in [0.2, 0.25) is 0 Å². The van der Waals surface area contributed by atoms with Crippen molar-refractivity contribution in [2.75, 3.05) is 31.6 Å². The Hall–Kier alpha value is -3.36. The van der Waals surface area contributed by atoms with Crippen LogP contribution in [0.5, 0.6) is 5.75 Å². The highest BCUT2D eigenvalue weighted by Crippen LogP contribution is 2.46. The van der Waals surface area contributed by atoms with E-state index in [1.165, 1.54) is 18.4 Å². The van der Waals surface area contributed by atoms with E-state index in [0.29, 0.717) is 31.3 Å². The minimum absolute atomic E-state index is 0.0910. The number of carbonyl (C=O) groups is 1. The van der Waals surface area contributed by atoms with E-state index in [4.69, 9.17) is 14.5 Å². The van der Waals surface area contributed by atoms with Crippen LogP contribution in [0.15, 0.2) is 31.0 Å². The molecule has 9 heteroatoms. The molecule has 3 aromatic rings. The maximum absolute atomic E-state index is 12.6. The van der Waals surface area contributed by atoms with E-state index >= 15 is 0 Å². The first kappa shape index (κ1) is 22.4. The van der Waals surface area contributed by atoms with E-state index in [9.17, 15) is 4.79 Å². The van der Waals surface area contributed by atoms with Crippen molar-refractivity contribution in [1.29, 1.82) is 0 Å². The van der Waals surface area contributed by atoms with E-state index in [2.05, 4.69) is 32.6 Å². The number of amides is 1. The zero-order valence-corrected chi connectivity index (χ0v) is 20.5. The molecule has 0 aromatic carbocycles. The Labute approximate surface area is 199 Å². The molecule has 1 saturated heterocycles. The quantitative estimate of drug-likeness (QED) is 0.573. The first-order valence-corrected chi connectivity index (χ1v) is 11.8. The topological polar surface area (TPSA) is 85.6 Å². The summed E-state index contributed by atoms with van der Waals surface area (Å²) in [5, 5.41) is 1.09. The van der Waals surface area contributed by atoms with Crippen molar-refractivity contribution in [2.45, 2.75) is 58.1 Å². The van der Waals surface area contributed by atoms with Crippen LogP contribution in [-0.2, 0) is 4.74 Å². The van der Waals surface area contributed by atoms with E-state index in [-0.39, 0.29) is 12.1 Å². The summed E-state index contributed by atoms with van der Waals surface area (Å²) in [7, 11) is 1.64. The monoisotopic (exact) mass is 464 g/mol. The van der Waals surface area contributed by atoms with Gasteiger partial charge in [0.25, 0.3) is 0 Å². The third-order valence-electron chi connectivity index (χ3n) is 6.37. The minimum Gasteiger partial charge on any atom is -0.495 e. The molecule has 1 atom stereocenters. The van der Waals surface area contributed by atoms with Crippen LogP contribution in [0.4, 0.5) is 10.6 Å². The molecule has 4 heterocycles. The molecule has 1 aliphatic heterocycles. The third-order valence-corrected chi connectivity index (χ3v) is 6.37. The number of rotatable bonds is 4. The fourth-order valence-corrected chi connectivity index (χ4v) is 4.61. The van der Waals surface area contributed by atoms with Crippen LogP contribution < -0.4 is 9.64 Å². The molecule has 0 unspecified atom stereocenters. The van der Waals surface area contributed by atoms with Gasteiger partial charge in [0, 0.05) is 37.9 Å². The number of hydrogen-bond acceptors (Lipinski definition) is 7. The molecular weight excluding hydrogens is 432 g/mol. The highest BCUT2D eigenvalue weighted by atomic mass is 16.6. The van der Waals surface area contributed by atoms with E-state index in [1.807, 2.05) is 33.0 Å². The van der Waals surface area contributed by atoms with Gasteiger partial charge in [0.15, 0.2) is 0 Å². The largest absolute Gasteiger partial charge is 0.495 e. The van der Waals surface area contributed by atoms with Crippen LogP contribution in [0.3, 0.4) is 0 Å². The van der Waals surface area contributed by atoms with E-state index < -0.39 is 5.60 Å². The second kappa shape index (κ2) is 8.45. The number of piperazine rings is 1. The summed E-state index contributed by atoms with van der Waals surface area (Å²) in [6, 6.07) is 2.06. The Morgan fingerprint density at radius 1 is 1.15 bits per heavy atom. The summed E-state index contributed by atoms with van der Waals surface area (Å²) >= 11 is 0. The molecule has 5 rings (SSSR count). The number of anilines is 1. The molecule has 1 saturated carbocycles. The smallest absolute Gasteiger partial charge is 0.410 e. The van der Waals surface area contributed by atoms with Crippen molar-refractivity contribution in [1.82, 2.24) is 24.4 Å². The molecule has 180 valence electrons. The molecule has 1 aliphatic carbocycles. The van der Waals surface area contributed by atoms with Crippen LogP contribution in [-0.4, -0.2) is 68.9 Å². The van der Waals surface area contributed by atoms with Gasteiger partial charge in [-0.2, -0.15) is 0 Å². The Morgan fingerprint density at radius 3 is 2.62 bits per heavy atom. The number of methoxy groups -OCH3 is 1. The Balaban J connectivity index is 1.50. The number of fused-ring (bicyclic) bond motifs is 1. The van der Waals surface area contributed by atoms with E-state index in [0.717, 1.165) is 22.5 Å². The number of ether oxygens (including phenoxy) is 2. The van der Waals surface area contributed by atoms with Gasteiger partial charge in [0.05, 0.1) is 30.6 Å². The Bertz CT molecular complexity index is 1210. The maximum Gasteiger partial charge on any atom is 0.410 e. The fraction of sp³-hybridized carbons (Fsp3) is 0.520. The summed E-state index contributed by atoms with van der Waals surface area (Å²) in [5.41, 5.74) is 2.54. The predicted octanol–water partition coefficient (Wildman–Crippen LogP) is 4.15. The lowest BCUT2D eigenvalue weighted by molar-refractivity contribution is 0.0218. The van der Waals surface area contributed by atoms with Gasteiger partial charge >= 0.3 is 6.09 Å². The average molecular weight is 465 g/mol. The highest BCUT2D eigenvalue weighted by molar-refractivity contribution is 5.93. The molecule has 0 N–H and O–H groups in total. The molecule has 0 spiro atoms.